The number of phenols is 1. The number of carbonyl (C=O) groups excluding carboxylic acids is 2. The number of esters is 1. The van der Waals surface area contributed by atoms with Crippen molar-refractivity contribution in [2.75, 3.05) is 6.61 Å². The number of hydrogen-bond acceptors (Lipinski definition) is 5. The third kappa shape index (κ3) is 4.94. The molecule has 0 spiro atoms. The molecule has 1 N–H and O–H groups in total. The lowest BCUT2D eigenvalue weighted by atomic mass is 10.0. The van der Waals surface area contributed by atoms with Gasteiger partial charge in [-0.3, -0.25) is 4.79 Å². The molecule has 0 aliphatic carbocycles. The van der Waals surface area contributed by atoms with Crippen molar-refractivity contribution in [3.8, 4) is 11.5 Å². The number of ketones is 1. The van der Waals surface area contributed by atoms with E-state index in [4.69, 9.17) is 9.47 Å². The van der Waals surface area contributed by atoms with Gasteiger partial charge in [-0.1, -0.05) is 43.8 Å². The van der Waals surface area contributed by atoms with Crippen molar-refractivity contribution in [1.82, 2.24) is 0 Å². The molecular formula is C20H20O5. The topological polar surface area (TPSA) is 72.8 Å². The van der Waals surface area contributed by atoms with Crippen molar-refractivity contribution < 1.29 is 24.2 Å². The van der Waals surface area contributed by atoms with Crippen molar-refractivity contribution in [3.05, 3.63) is 72.3 Å². The molecule has 25 heavy (non-hydrogen) atoms. The van der Waals surface area contributed by atoms with E-state index in [1.807, 2.05) is 13.0 Å². The van der Waals surface area contributed by atoms with E-state index in [2.05, 4.69) is 6.58 Å². The summed E-state index contributed by atoms with van der Waals surface area (Å²) in [5.74, 6) is -0.559. The molecule has 0 saturated heterocycles. The minimum absolute atomic E-state index is 0.140. The Balaban J connectivity index is 2.05. The van der Waals surface area contributed by atoms with Gasteiger partial charge in [0.1, 0.15) is 24.2 Å². The van der Waals surface area contributed by atoms with Crippen molar-refractivity contribution in [2.45, 2.75) is 19.4 Å². The molecule has 0 aromatic heterocycles. The van der Waals surface area contributed by atoms with E-state index >= 15 is 0 Å². The van der Waals surface area contributed by atoms with Gasteiger partial charge in [0.05, 0.1) is 5.56 Å². The summed E-state index contributed by atoms with van der Waals surface area (Å²) in [6.45, 7) is 5.35. The molecule has 0 fully saturated rings. The van der Waals surface area contributed by atoms with Crippen LogP contribution in [0.2, 0.25) is 0 Å². The summed E-state index contributed by atoms with van der Waals surface area (Å²) in [7, 11) is 0. The highest BCUT2D eigenvalue weighted by molar-refractivity contribution is 6.10. The normalized spacial score (nSPS) is 11.4. The Hall–Kier alpha value is -3.08. The van der Waals surface area contributed by atoms with Gasteiger partial charge in [0, 0.05) is 17.7 Å². The molecular weight excluding hydrogens is 320 g/mol. The average Bonchev–Trinajstić information content (AvgIpc) is 2.65. The standard InChI is InChI=1S/C20H20O5/c1-3-15(25-19(22)4-2)13-24-16-10-11-17(18(21)12-16)20(23)14-8-6-5-7-9-14/h4-12,15,21H,2-3,13H2,1H3. The van der Waals surface area contributed by atoms with Crippen molar-refractivity contribution in [3.63, 3.8) is 0 Å². The summed E-state index contributed by atoms with van der Waals surface area (Å²) in [6.07, 6.45) is 1.26. The van der Waals surface area contributed by atoms with Gasteiger partial charge < -0.3 is 14.6 Å². The van der Waals surface area contributed by atoms with Crippen molar-refractivity contribution in [1.29, 1.82) is 0 Å². The minimum atomic E-state index is -0.512. The van der Waals surface area contributed by atoms with Crippen LogP contribution in [0, 0.1) is 0 Å². The highest BCUT2D eigenvalue weighted by Gasteiger charge is 2.15. The Kier molecular flexibility index (Phi) is 6.34. The Morgan fingerprint density at radius 1 is 1.20 bits per heavy atom. The highest BCUT2D eigenvalue weighted by Crippen LogP contribution is 2.26. The smallest absolute Gasteiger partial charge is 0.330 e. The average molecular weight is 340 g/mol. The molecule has 1 atom stereocenters. The second-order valence-electron chi connectivity index (χ2n) is 5.36. The SMILES string of the molecule is C=CC(=O)OC(CC)COc1ccc(C(=O)c2ccccc2)c(O)c1. The van der Waals surface area contributed by atoms with E-state index in [1.54, 1.807) is 30.3 Å². The van der Waals surface area contributed by atoms with E-state index in [0.717, 1.165) is 6.08 Å². The van der Waals surface area contributed by atoms with Crippen molar-refractivity contribution in [2.24, 2.45) is 0 Å². The number of ether oxygens (including phenoxy) is 2. The van der Waals surface area contributed by atoms with E-state index in [-0.39, 0.29) is 23.7 Å². The molecule has 0 bridgehead atoms. The van der Waals surface area contributed by atoms with Crippen LogP contribution in [0.15, 0.2) is 61.2 Å². The third-order valence-corrected chi connectivity index (χ3v) is 3.59. The molecule has 0 radical (unpaired) electrons. The van der Waals surface area contributed by atoms with Gasteiger partial charge in [-0.15, -0.1) is 0 Å². The predicted octanol–water partition coefficient (Wildman–Crippen LogP) is 3.51. The summed E-state index contributed by atoms with van der Waals surface area (Å²) in [5.41, 5.74) is 0.692. The molecule has 2 rings (SSSR count). The second kappa shape index (κ2) is 8.68. The molecule has 5 nitrogen and oxygen atoms in total. The lowest BCUT2D eigenvalue weighted by molar-refractivity contribution is -0.144. The molecule has 0 saturated carbocycles. The zero-order chi connectivity index (χ0) is 18.2. The summed E-state index contributed by atoms with van der Waals surface area (Å²) in [6, 6.07) is 13.2. The zero-order valence-electron chi connectivity index (χ0n) is 14.0. The number of phenolic OH excluding ortho intramolecular Hbond substituents is 1. The van der Waals surface area contributed by atoms with Gasteiger partial charge in [0.2, 0.25) is 0 Å². The molecule has 0 amide bonds. The van der Waals surface area contributed by atoms with E-state index in [0.29, 0.717) is 17.7 Å². The van der Waals surface area contributed by atoms with Gasteiger partial charge in [-0.2, -0.15) is 0 Å². The molecule has 5 heteroatoms. The van der Waals surface area contributed by atoms with Gasteiger partial charge in [0.25, 0.3) is 0 Å². The summed E-state index contributed by atoms with van der Waals surface area (Å²) in [4.78, 5) is 23.6. The van der Waals surface area contributed by atoms with E-state index in [9.17, 15) is 14.7 Å². The summed E-state index contributed by atoms with van der Waals surface area (Å²) in [5, 5.41) is 10.1. The Morgan fingerprint density at radius 3 is 2.52 bits per heavy atom. The lowest BCUT2D eigenvalue weighted by Gasteiger charge is -2.16. The number of rotatable bonds is 8. The first-order valence-corrected chi connectivity index (χ1v) is 7.93. The molecule has 0 aliphatic heterocycles. The van der Waals surface area contributed by atoms with Crippen LogP contribution in [-0.2, 0) is 9.53 Å². The number of aromatic hydroxyl groups is 1. The predicted molar refractivity (Wildman–Crippen MR) is 93.8 cm³/mol. The maximum absolute atomic E-state index is 12.4. The Labute approximate surface area is 146 Å². The lowest BCUT2D eigenvalue weighted by Crippen LogP contribution is -2.23. The molecule has 130 valence electrons. The van der Waals surface area contributed by atoms with Gasteiger partial charge in [-0.05, 0) is 18.6 Å². The molecule has 2 aromatic rings. The zero-order valence-corrected chi connectivity index (χ0v) is 14.0. The fourth-order valence-electron chi connectivity index (χ4n) is 2.18. The van der Waals surface area contributed by atoms with Crippen LogP contribution in [0.4, 0.5) is 0 Å². The number of hydrogen-bond donors (Lipinski definition) is 1. The molecule has 2 aromatic carbocycles. The highest BCUT2D eigenvalue weighted by atomic mass is 16.6. The van der Waals surface area contributed by atoms with Crippen LogP contribution in [0.5, 0.6) is 11.5 Å². The molecule has 1 unspecified atom stereocenters. The second-order valence-corrected chi connectivity index (χ2v) is 5.36. The Bertz CT molecular complexity index is 752. The summed E-state index contributed by atoms with van der Waals surface area (Å²) >= 11 is 0. The van der Waals surface area contributed by atoms with Crippen LogP contribution in [0.1, 0.15) is 29.3 Å². The van der Waals surface area contributed by atoms with Crippen molar-refractivity contribution >= 4 is 11.8 Å². The van der Waals surface area contributed by atoms with E-state index < -0.39 is 12.1 Å². The Morgan fingerprint density at radius 2 is 1.92 bits per heavy atom. The number of carbonyl (C=O) groups is 2. The van der Waals surface area contributed by atoms with Gasteiger partial charge in [-0.25, -0.2) is 4.79 Å². The first-order valence-electron chi connectivity index (χ1n) is 7.93. The molecule has 0 heterocycles. The maximum atomic E-state index is 12.4. The van der Waals surface area contributed by atoms with Crippen LogP contribution < -0.4 is 4.74 Å². The third-order valence-electron chi connectivity index (χ3n) is 3.59. The quantitative estimate of drug-likeness (QED) is 0.452. The van der Waals surface area contributed by atoms with Crippen LogP contribution in [-0.4, -0.2) is 29.6 Å². The van der Waals surface area contributed by atoms with Crippen LogP contribution in [0.3, 0.4) is 0 Å². The maximum Gasteiger partial charge on any atom is 0.330 e. The summed E-state index contributed by atoms with van der Waals surface area (Å²) < 4.78 is 10.7. The van der Waals surface area contributed by atoms with Crippen LogP contribution >= 0.6 is 0 Å². The monoisotopic (exact) mass is 340 g/mol. The van der Waals surface area contributed by atoms with Gasteiger partial charge in [0.15, 0.2) is 5.78 Å². The molecule has 0 aliphatic rings. The minimum Gasteiger partial charge on any atom is -0.507 e. The first kappa shape index (κ1) is 18.3. The fourth-order valence-corrected chi connectivity index (χ4v) is 2.18. The largest absolute Gasteiger partial charge is 0.507 e. The number of benzene rings is 2. The first-order chi connectivity index (χ1) is 12.0. The van der Waals surface area contributed by atoms with Gasteiger partial charge >= 0.3 is 5.97 Å². The van der Waals surface area contributed by atoms with E-state index in [1.165, 1.54) is 12.1 Å². The van der Waals surface area contributed by atoms with Crippen LogP contribution in [0.25, 0.3) is 0 Å². The fraction of sp³-hybridized carbons (Fsp3) is 0.200.